The first kappa shape index (κ1) is 18.2. The Bertz CT molecular complexity index is 1020. The zero-order valence-electron chi connectivity index (χ0n) is 16.7. The maximum absolute atomic E-state index is 4.88. The quantitative estimate of drug-likeness (QED) is 0.398. The summed E-state index contributed by atoms with van der Waals surface area (Å²) < 4.78 is 0. The summed E-state index contributed by atoms with van der Waals surface area (Å²) in [4.78, 5) is 0. The first-order valence-electron chi connectivity index (χ1n) is 9.85. The third-order valence-corrected chi connectivity index (χ3v) is 5.40. The van der Waals surface area contributed by atoms with Crippen LogP contribution in [-0.4, -0.2) is 5.71 Å². The highest BCUT2D eigenvalue weighted by Crippen LogP contribution is 2.33. The van der Waals surface area contributed by atoms with Crippen molar-refractivity contribution in [1.82, 2.24) is 0 Å². The number of aryl methyl sites for hydroxylation is 3. The first-order valence-corrected chi connectivity index (χ1v) is 9.85. The molecule has 0 spiro atoms. The number of hydrogen-bond donors (Lipinski definition) is 1. The van der Waals surface area contributed by atoms with Crippen molar-refractivity contribution in [3.63, 3.8) is 0 Å². The summed E-state index contributed by atoms with van der Waals surface area (Å²) in [6.45, 7) is 6.40. The van der Waals surface area contributed by atoms with Gasteiger partial charge in [0.25, 0.3) is 0 Å². The van der Waals surface area contributed by atoms with Crippen molar-refractivity contribution >= 4 is 17.5 Å². The van der Waals surface area contributed by atoms with Gasteiger partial charge in [0, 0.05) is 12.3 Å². The Kier molecular flexibility index (Phi) is 5.12. The Hall–Kier alpha value is -3.13. The molecule has 0 saturated heterocycles. The number of fused-ring (bicyclic) bond motifs is 1. The molecule has 0 saturated carbocycles. The van der Waals surface area contributed by atoms with Gasteiger partial charge in [-0.05, 0) is 48.6 Å². The van der Waals surface area contributed by atoms with Gasteiger partial charge in [-0.2, -0.15) is 5.10 Å². The average Bonchev–Trinajstić information content (AvgIpc) is 3.10. The average molecular weight is 367 g/mol. The Morgan fingerprint density at radius 3 is 2.32 bits per heavy atom. The van der Waals surface area contributed by atoms with Gasteiger partial charge in [-0.3, -0.25) is 5.43 Å². The van der Waals surface area contributed by atoms with Crippen molar-refractivity contribution in [2.24, 2.45) is 5.10 Å². The van der Waals surface area contributed by atoms with Crippen LogP contribution in [-0.2, 0) is 0 Å². The van der Waals surface area contributed by atoms with E-state index >= 15 is 0 Å². The second-order valence-electron chi connectivity index (χ2n) is 7.61. The van der Waals surface area contributed by atoms with E-state index in [0.717, 1.165) is 23.4 Å². The Balaban J connectivity index is 1.66. The van der Waals surface area contributed by atoms with Gasteiger partial charge in [0.15, 0.2) is 0 Å². The highest BCUT2D eigenvalue weighted by atomic mass is 15.3. The zero-order valence-corrected chi connectivity index (χ0v) is 16.7. The molecule has 0 bridgehead atoms. The lowest BCUT2D eigenvalue weighted by atomic mass is 9.93. The fourth-order valence-electron chi connectivity index (χ4n) is 4.05. The van der Waals surface area contributed by atoms with Crippen molar-refractivity contribution in [1.29, 1.82) is 0 Å². The molecule has 3 aromatic rings. The van der Waals surface area contributed by atoms with E-state index in [0.29, 0.717) is 5.92 Å². The second kappa shape index (κ2) is 7.85. The van der Waals surface area contributed by atoms with Crippen LogP contribution in [0, 0.1) is 20.8 Å². The lowest BCUT2D eigenvalue weighted by molar-refractivity contribution is 0.906. The summed E-state index contributed by atoms with van der Waals surface area (Å²) in [5.41, 5.74) is 13.1. The molecular formula is C26H26N2. The monoisotopic (exact) mass is 366 g/mol. The maximum Gasteiger partial charge on any atom is 0.0688 e. The molecule has 0 fully saturated rings. The second-order valence-corrected chi connectivity index (χ2v) is 7.61. The molecule has 1 aliphatic rings. The van der Waals surface area contributed by atoms with Gasteiger partial charge in [0.1, 0.15) is 0 Å². The highest BCUT2D eigenvalue weighted by molar-refractivity contribution is 6.02. The van der Waals surface area contributed by atoms with Crippen molar-refractivity contribution in [2.75, 3.05) is 5.43 Å². The van der Waals surface area contributed by atoms with E-state index in [2.05, 4.69) is 99.0 Å². The van der Waals surface area contributed by atoms with E-state index < -0.39 is 0 Å². The number of hydrazone groups is 1. The van der Waals surface area contributed by atoms with Gasteiger partial charge < -0.3 is 0 Å². The SMILES string of the molecule is Cc1cc(C)c(NN=C(CC2C=Cc3ccccc32)c2ccccc2)c(C)c1. The van der Waals surface area contributed by atoms with Gasteiger partial charge in [0.05, 0.1) is 11.4 Å². The van der Waals surface area contributed by atoms with E-state index in [1.54, 1.807) is 0 Å². The van der Waals surface area contributed by atoms with E-state index in [1.165, 1.54) is 27.8 Å². The summed E-state index contributed by atoms with van der Waals surface area (Å²) in [7, 11) is 0. The Labute approximate surface area is 167 Å². The molecule has 0 amide bonds. The third-order valence-electron chi connectivity index (χ3n) is 5.40. The third kappa shape index (κ3) is 3.77. The standard InChI is InChI=1S/C26H26N2/c1-18-15-19(2)26(20(3)16-18)28-27-25(22-10-5-4-6-11-22)17-23-14-13-21-9-7-8-12-24(21)23/h4-16,23,28H,17H2,1-3H3. The van der Waals surface area contributed by atoms with Gasteiger partial charge >= 0.3 is 0 Å². The van der Waals surface area contributed by atoms with Gasteiger partial charge in [0.2, 0.25) is 0 Å². The lowest BCUT2D eigenvalue weighted by Crippen LogP contribution is -2.10. The molecule has 0 radical (unpaired) electrons. The van der Waals surface area contributed by atoms with Crippen LogP contribution in [0.2, 0.25) is 0 Å². The van der Waals surface area contributed by atoms with Crippen LogP contribution in [0.1, 0.15) is 45.7 Å². The lowest BCUT2D eigenvalue weighted by Gasteiger charge is -2.16. The molecule has 2 heteroatoms. The van der Waals surface area contributed by atoms with Crippen LogP contribution in [0.4, 0.5) is 5.69 Å². The van der Waals surface area contributed by atoms with Crippen LogP contribution in [0.15, 0.2) is 77.9 Å². The number of nitrogens with one attached hydrogen (secondary N) is 1. The van der Waals surface area contributed by atoms with Crippen LogP contribution < -0.4 is 5.43 Å². The molecule has 1 N–H and O–H groups in total. The highest BCUT2D eigenvalue weighted by Gasteiger charge is 2.19. The number of hydrogen-bond acceptors (Lipinski definition) is 2. The summed E-state index contributed by atoms with van der Waals surface area (Å²) in [5.74, 6) is 0.358. The van der Waals surface area contributed by atoms with Crippen LogP contribution in [0.5, 0.6) is 0 Å². The van der Waals surface area contributed by atoms with Crippen molar-refractivity contribution in [3.05, 3.63) is 106 Å². The molecule has 0 aliphatic heterocycles. The normalized spacial score (nSPS) is 15.5. The van der Waals surface area contributed by atoms with Crippen LogP contribution in [0.3, 0.4) is 0 Å². The minimum atomic E-state index is 0.358. The van der Waals surface area contributed by atoms with Crippen molar-refractivity contribution in [2.45, 2.75) is 33.1 Å². The Morgan fingerprint density at radius 2 is 1.57 bits per heavy atom. The molecule has 28 heavy (non-hydrogen) atoms. The molecule has 140 valence electrons. The molecule has 1 atom stereocenters. The topological polar surface area (TPSA) is 24.4 Å². The van der Waals surface area contributed by atoms with E-state index in [1.807, 2.05) is 6.07 Å². The molecule has 0 heterocycles. The van der Waals surface area contributed by atoms with Gasteiger partial charge in [-0.25, -0.2) is 0 Å². The predicted molar refractivity (Wildman–Crippen MR) is 120 cm³/mol. The largest absolute Gasteiger partial charge is 0.278 e. The number of allylic oxidation sites excluding steroid dienone is 1. The molecule has 1 unspecified atom stereocenters. The summed E-state index contributed by atoms with van der Waals surface area (Å²) >= 11 is 0. The number of nitrogens with zero attached hydrogens (tertiary/aromatic N) is 1. The van der Waals surface area contributed by atoms with Crippen LogP contribution in [0.25, 0.3) is 6.08 Å². The molecule has 3 aromatic carbocycles. The summed E-state index contributed by atoms with van der Waals surface area (Å²) in [5, 5.41) is 4.88. The Morgan fingerprint density at radius 1 is 0.893 bits per heavy atom. The molecule has 0 aromatic heterocycles. The maximum atomic E-state index is 4.88. The van der Waals surface area contributed by atoms with Crippen molar-refractivity contribution in [3.8, 4) is 0 Å². The molecule has 1 aliphatic carbocycles. The fourth-order valence-corrected chi connectivity index (χ4v) is 4.05. The van der Waals surface area contributed by atoms with Gasteiger partial charge in [-0.1, -0.05) is 84.4 Å². The zero-order chi connectivity index (χ0) is 19.5. The van der Waals surface area contributed by atoms with E-state index in [9.17, 15) is 0 Å². The first-order chi connectivity index (χ1) is 13.6. The number of anilines is 1. The number of rotatable bonds is 5. The molecule has 2 nitrogen and oxygen atoms in total. The van der Waals surface area contributed by atoms with Crippen molar-refractivity contribution < 1.29 is 0 Å². The smallest absolute Gasteiger partial charge is 0.0688 e. The van der Waals surface area contributed by atoms with Crippen LogP contribution >= 0.6 is 0 Å². The van der Waals surface area contributed by atoms with E-state index in [4.69, 9.17) is 5.10 Å². The number of benzene rings is 3. The molecular weight excluding hydrogens is 340 g/mol. The molecule has 4 rings (SSSR count). The summed E-state index contributed by atoms with van der Waals surface area (Å²) in [6, 6.07) is 23.5. The minimum absolute atomic E-state index is 0.358. The van der Waals surface area contributed by atoms with E-state index in [-0.39, 0.29) is 0 Å². The minimum Gasteiger partial charge on any atom is -0.278 e. The predicted octanol–water partition coefficient (Wildman–Crippen LogP) is 6.63. The van der Waals surface area contributed by atoms with Gasteiger partial charge in [-0.15, -0.1) is 0 Å². The summed E-state index contributed by atoms with van der Waals surface area (Å²) in [6.07, 6.45) is 5.39. The fraction of sp³-hybridized carbons (Fsp3) is 0.192.